The molecule has 0 unspecified atom stereocenters. The van der Waals surface area contributed by atoms with Gasteiger partial charge >= 0.3 is 5.97 Å². The Morgan fingerprint density at radius 2 is 1.90 bits per heavy atom. The fourth-order valence-corrected chi connectivity index (χ4v) is 3.51. The Kier molecular flexibility index (Phi) is 6.54. The van der Waals surface area contributed by atoms with Crippen LogP contribution in [0.25, 0.3) is 0 Å². The third-order valence-electron chi connectivity index (χ3n) is 4.95. The van der Waals surface area contributed by atoms with Crippen molar-refractivity contribution in [2.45, 2.75) is 31.8 Å². The van der Waals surface area contributed by atoms with Crippen LogP contribution in [0.4, 0.5) is 11.4 Å². The zero-order valence-corrected chi connectivity index (χ0v) is 17.0. The van der Waals surface area contributed by atoms with Crippen molar-refractivity contribution in [1.29, 1.82) is 0 Å². The van der Waals surface area contributed by atoms with Crippen LogP contribution in [0.1, 0.15) is 29.3 Å². The molecule has 0 aromatic heterocycles. The smallest absolute Gasteiger partial charge is 0.305 e. The number of amides is 3. The zero-order chi connectivity index (χ0) is 22.5. The summed E-state index contributed by atoms with van der Waals surface area (Å²) in [6, 6.07) is 12.2. The van der Waals surface area contributed by atoms with E-state index in [9.17, 15) is 19.2 Å². The number of benzene rings is 2. The Labute approximate surface area is 179 Å². The molecule has 0 bridgehead atoms. The van der Waals surface area contributed by atoms with Crippen molar-refractivity contribution in [2.75, 3.05) is 17.6 Å². The van der Waals surface area contributed by atoms with Gasteiger partial charge in [0.1, 0.15) is 12.6 Å². The van der Waals surface area contributed by atoms with Crippen LogP contribution in [-0.4, -0.2) is 52.3 Å². The van der Waals surface area contributed by atoms with E-state index in [0.29, 0.717) is 11.4 Å². The molecule has 0 radical (unpaired) electrons. The molecule has 0 saturated carbocycles. The number of aliphatic carboxylic acids is 1. The first-order valence-corrected chi connectivity index (χ1v) is 9.81. The molecule has 3 rings (SSSR count). The predicted octanol–water partition coefficient (Wildman–Crippen LogP) is 1.25. The van der Waals surface area contributed by atoms with Crippen molar-refractivity contribution in [2.24, 2.45) is 0 Å². The highest BCUT2D eigenvalue weighted by Gasteiger charge is 2.36. The minimum absolute atomic E-state index is 0.190. The lowest BCUT2D eigenvalue weighted by Crippen LogP contribution is -2.51. The largest absolute Gasteiger partial charge is 0.481 e. The maximum Gasteiger partial charge on any atom is 0.305 e. The summed E-state index contributed by atoms with van der Waals surface area (Å²) in [5.41, 5.74) is 7.52. The van der Waals surface area contributed by atoms with E-state index in [1.165, 1.54) is 11.0 Å². The molecule has 9 nitrogen and oxygen atoms in total. The molecule has 0 saturated heterocycles. The third kappa shape index (κ3) is 5.39. The molecular weight excluding hydrogens is 400 g/mol. The van der Waals surface area contributed by atoms with Crippen LogP contribution in [0.3, 0.4) is 0 Å². The number of carboxylic acid groups (broad SMARTS) is 1. The molecule has 2 aromatic carbocycles. The number of fused-ring (bicyclic) bond motifs is 1. The van der Waals surface area contributed by atoms with E-state index >= 15 is 0 Å². The number of nitrogen functional groups attached to an aromatic ring is 1. The fourth-order valence-electron chi connectivity index (χ4n) is 3.51. The highest BCUT2D eigenvalue weighted by atomic mass is 16.4. The molecule has 1 aliphatic rings. The minimum atomic E-state index is -1.05. The standard InChI is InChI=1S/C22H24N4O5/c1-13(9-20(28)29)24-19(27)12-26-18(10-14-5-3-2-4-6-14)21(30)25-17-8-7-15(23)11-16(17)22(26)31/h2-8,11,13,18H,9-10,12,23H2,1H3,(H,24,27)(H,25,30)(H,28,29)/t13-,18+/m1/s1. The van der Waals surface area contributed by atoms with Crippen LogP contribution < -0.4 is 16.4 Å². The monoisotopic (exact) mass is 424 g/mol. The van der Waals surface area contributed by atoms with Crippen LogP contribution >= 0.6 is 0 Å². The number of carbonyl (C=O) groups is 4. The van der Waals surface area contributed by atoms with Crippen molar-refractivity contribution < 1.29 is 24.3 Å². The van der Waals surface area contributed by atoms with Gasteiger partial charge in [0.05, 0.1) is 17.7 Å². The normalized spacial score (nSPS) is 16.7. The van der Waals surface area contributed by atoms with Gasteiger partial charge in [-0.1, -0.05) is 30.3 Å². The van der Waals surface area contributed by atoms with Crippen LogP contribution in [0.15, 0.2) is 48.5 Å². The molecule has 0 fully saturated rings. The summed E-state index contributed by atoms with van der Waals surface area (Å²) in [6.07, 6.45) is -0.0488. The number of nitrogens with zero attached hydrogens (tertiary/aromatic N) is 1. The van der Waals surface area contributed by atoms with Crippen molar-refractivity contribution in [3.05, 3.63) is 59.7 Å². The molecule has 31 heavy (non-hydrogen) atoms. The molecule has 1 heterocycles. The molecule has 0 spiro atoms. The quantitative estimate of drug-likeness (QED) is 0.493. The number of rotatable bonds is 7. The molecule has 1 aliphatic heterocycles. The third-order valence-corrected chi connectivity index (χ3v) is 4.95. The maximum atomic E-state index is 13.3. The highest BCUT2D eigenvalue weighted by molar-refractivity contribution is 6.11. The molecule has 9 heteroatoms. The molecule has 2 aromatic rings. The van der Waals surface area contributed by atoms with E-state index in [2.05, 4.69) is 10.6 Å². The second-order valence-electron chi connectivity index (χ2n) is 7.50. The molecule has 2 atom stereocenters. The van der Waals surface area contributed by atoms with Gasteiger partial charge in [0, 0.05) is 18.2 Å². The SMILES string of the molecule is C[C@H](CC(=O)O)NC(=O)CN1C(=O)c2cc(N)ccc2NC(=O)[C@@H]1Cc1ccccc1. The van der Waals surface area contributed by atoms with Crippen molar-refractivity contribution in [1.82, 2.24) is 10.2 Å². The summed E-state index contributed by atoms with van der Waals surface area (Å²) in [7, 11) is 0. The van der Waals surface area contributed by atoms with Gasteiger partial charge in [-0.25, -0.2) is 0 Å². The summed E-state index contributed by atoms with van der Waals surface area (Å²) in [5, 5.41) is 14.2. The van der Waals surface area contributed by atoms with Gasteiger partial charge in [-0.2, -0.15) is 0 Å². The van der Waals surface area contributed by atoms with Gasteiger partial charge in [0.2, 0.25) is 11.8 Å². The first-order chi connectivity index (χ1) is 14.7. The summed E-state index contributed by atoms with van der Waals surface area (Å²) >= 11 is 0. The Balaban J connectivity index is 1.91. The number of nitrogens with two attached hydrogens (primary N) is 1. The van der Waals surface area contributed by atoms with E-state index in [0.717, 1.165) is 5.56 Å². The molecule has 162 valence electrons. The second-order valence-corrected chi connectivity index (χ2v) is 7.50. The van der Waals surface area contributed by atoms with E-state index in [4.69, 9.17) is 10.8 Å². The summed E-state index contributed by atoms with van der Waals surface area (Å²) < 4.78 is 0. The van der Waals surface area contributed by atoms with E-state index in [1.807, 2.05) is 30.3 Å². The minimum Gasteiger partial charge on any atom is -0.481 e. The Bertz CT molecular complexity index is 1010. The summed E-state index contributed by atoms with van der Waals surface area (Å²) in [6.45, 7) is 1.16. The van der Waals surface area contributed by atoms with Gasteiger partial charge in [-0.15, -0.1) is 0 Å². The Morgan fingerprint density at radius 3 is 2.58 bits per heavy atom. The Morgan fingerprint density at radius 1 is 1.19 bits per heavy atom. The number of hydrogen-bond acceptors (Lipinski definition) is 5. The van der Waals surface area contributed by atoms with Crippen molar-refractivity contribution in [3.8, 4) is 0 Å². The van der Waals surface area contributed by atoms with Gasteiger partial charge < -0.3 is 26.4 Å². The maximum absolute atomic E-state index is 13.3. The number of nitrogens with one attached hydrogen (secondary N) is 2. The predicted molar refractivity (Wildman–Crippen MR) is 114 cm³/mol. The van der Waals surface area contributed by atoms with E-state index in [-0.39, 0.29) is 18.4 Å². The molecule has 3 amide bonds. The molecule has 5 N–H and O–H groups in total. The second kappa shape index (κ2) is 9.29. The fraction of sp³-hybridized carbons (Fsp3) is 0.273. The topological polar surface area (TPSA) is 142 Å². The highest BCUT2D eigenvalue weighted by Crippen LogP contribution is 2.26. The number of anilines is 2. The van der Waals surface area contributed by atoms with E-state index < -0.39 is 42.3 Å². The average molecular weight is 424 g/mol. The van der Waals surface area contributed by atoms with Gasteiger partial charge in [0.25, 0.3) is 5.91 Å². The average Bonchev–Trinajstić information content (AvgIpc) is 2.79. The first kappa shape index (κ1) is 21.8. The number of carbonyl (C=O) groups excluding carboxylic acids is 3. The first-order valence-electron chi connectivity index (χ1n) is 9.81. The van der Waals surface area contributed by atoms with Crippen LogP contribution in [0, 0.1) is 0 Å². The zero-order valence-electron chi connectivity index (χ0n) is 17.0. The van der Waals surface area contributed by atoms with Crippen LogP contribution in [0.5, 0.6) is 0 Å². The van der Waals surface area contributed by atoms with Crippen LogP contribution in [0.2, 0.25) is 0 Å². The molecule has 0 aliphatic carbocycles. The number of carboxylic acids is 1. The van der Waals surface area contributed by atoms with Crippen LogP contribution in [-0.2, 0) is 20.8 Å². The van der Waals surface area contributed by atoms with Gasteiger partial charge in [0.15, 0.2) is 0 Å². The lowest BCUT2D eigenvalue weighted by atomic mass is 10.0. The summed E-state index contributed by atoms with van der Waals surface area (Å²) in [5.74, 6) is -2.54. The lowest BCUT2D eigenvalue weighted by Gasteiger charge is -2.28. The summed E-state index contributed by atoms with van der Waals surface area (Å²) in [4.78, 5) is 51.0. The van der Waals surface area contributed by atoms with Gasteiger partial charge in [-0.05, 0) is 30.7 Å². The van der Waals surface area contributed by atoms with E-state index in [1.54, 1.807) is 19.1 Å². The lowest BCUT2D eigenvalue weighted by molar-refractivity contribution is -0.137. The van der Waals surface area contributed by atoms with Crippen molar-refractivity contribution >= 4 is 35.1 Å². The van der Waals surface area contributed by atoms with Gasteiger partial charge in [-0.3, -0.25) is 19.2 Å². The number of hydrogen-bond donors (Lipinski definition) is 4. The molecular formula is C22H24N4O5. The Hall–Kier alpha value is -3.88. The van der Waals surface area contributed by atoms with Crippen molar-refractivity contribution in [3.63, 3.8) is 0 Å².